The summed E-state index contributed by atoms with van der Waals surface area (Å²) in [6.07, 6.45) is -0.748. The van der Waals surface area contributed by atoms with E-state index in [0.717, 1.165) is 23.1 Å². The molecular formula is C12H15FN2O4. The number of nitro groups is 1. The maximum atomic E-state index is 13.0. The summed E-state index contributed by atoms with van der Waals surface area (Å²) in [7, 11) is 1.33. The van der Waals surface area contributed by atoms with Gasteiger partial charge in [0, 0.05) is 7.05 Å². The van der Waals surface area contributed by atoms with Crippen molar-refractivity contribution in [2.24, 2.45) is 0 Å². The number of carbonyl (C=O) groups excluding carboxylic acids is 1. The van der Waals surface area contributed by atoms with E-state index in [0.29, 0.717) is 0 Å². The van der Waals surface area contributed by atoms with Crippen LogP contribution in [0.2, 0.25) is 0 Å². The fourth-order valence-electron chi connectivity index (χ4n) is 1.36. The van der Waals surface area contributed by atoms with Gasteiger partial charge >= 0.3 is 6.09 Å². The topological polar surface area (TPSA) is 72.7 Å². The average Bonchev–Trinajstić information content (AvgIpc) is 2.25. The standard InChI is InChI=1S/C12H15FN2O4/c1-12(2,3)19-11(16)14(4)9-6-5-8(13)7-10(9)15(17)18/h5-7H,1-4H3. The highest BCUT2D eigenvalue weighted by Gasteiger charge is 2.26. The third-order valence-electron chi connectivity index (χ3n) is 2.16. The Bertz CT molecular complexity index is 511. The minimum absolute atomic E-state index is 0.0272. The fraction of sp³-hybridized carbons (Fsp3) is 0.417. The lowest BCUT2D eigenvalue weighted by Crippen LogP contribution is -2.34. The monoisotopic (exact) mass is 270 g/mol. The second-order valence-electron chi connectivity index (χ2n) is 4.93. The van der Waals surface area contributed by atoms with Gasteiger partial charge in [-0.15, -0.1) is 0 Å². The van der Waals surface area contributed by atoms with Crippen molar-refractivity contribution in [3.8, 4) is 0 Å². The van der Waals surface area contributed by atoms with E-state index in [9.17, 15) is 19.3 Å². The van der Waals surface area contributed by atoms with Gasteiger partial charge in [-0.2, -0.15) is 0 Å². The summed E-state index contributed by atoms with van der Waals surface area (Å²) in [6, 6.07) is 2.97. The van der Waals surface area contributed by atoms with Crippen molar-refractivity contribution in [1.29, 1.82) is 0 Å². The summed E-state index contributed by atoms with van der Waals surface area (Å²) in [5.41, 5.74) is -1.24. The Morgan fingerprint density at radius 2 is 2.00 bits per heavy atom. The molecule has 0 fully saturated rings. The fourth-order valence-corrected chi connectivity index (χ4v) is 1.36. The lowest BCUT2D eigenvalue weighted by molar-refractivity contribution is -0.384. The van der Waals surface area contributed by atoms with Gasteiger partial charge in [-0.3, -0.25) is 15.0 Å². The van der Waals surface area contributed by atoms with E-state index >= 15 is 0 Å². The molecule has 0 aromatic heterocycles. The summed E-state index contributed by atoms with van der Waals surface area (Å²) in [4.78, 5) is 22.9. The normalized spacial score (nSPS) is 11.0. The van der Waals surface area contributed by atoms with E-state index in [-0.39, 0.29) is 5.69 Å². The van der Waals surface area contributed by atoms with Gasteiger partial charge in [0.15, 0.2) is 0 Å². The molecule has 0 saturated heterocycles. The first-order chi connectivity index (χ1) is 8.61. The predicted molar refractivity (Wildman–Crippen MR) is 67.7 cm³/mol. The molecule has 0 aliphatic carbocycles. The molecule has 1 amide bonds. The van der Waals surface area contributed by atoms with Crippen molar-refractivity contribution in [2.45, 2.75) is 26.4 Å². The molecule has 19 heavy (non-hydrogen) atoms. The second-order valence-corrected chi connectivity index (χ2v) is 4.93. The number of nitrogens with zero attached hydrogens (tertiary/aromatic N) is 2. The summed E-state index contributed by atoms with van der Waals surface area (Å²) >= 11 is 0. The Hall–Kier alpha value is -2.18. The molecular weight excluding hydrogens is 255 g/mol. The zero-order chi connectivity index (χ0) is 14.8. The first-order valence-corrected chi connectivity index (χ1v) is 5.52. The van der Waals surface area contributed by atoms with Gasteiger partial charge in [-0.05, 0) is 32.9 Å². The minimum Gasteiger partial charge on any atom is -0.443 e. The number of hydrogen-bond acceptors (Lipinski definition) is 4. The van der Waals surface area contributed by atoms with Gasteiger partial charge in [0.2, 0.25) is 0 Å². The highest BCUT2D eigenvalue weighted by Crippen LogP contribution is 2.29. The van der Waals surface area contributed by atoms with Gasteiger partial charge in [0.1, 0.15) is 17.1 Å². The third kappa shape index (κ3) is 3.90. The lowest BCUT2D eigenvalue weighted by atomic mass is 10.2. The highest BCUT2D eigenvalue weighted by molar-refractivity contribution is 5.90. The van der Waals surface area contributed by atoms with Crippen molar-refractivity contribution in [3.63, 3.8) is 0 Å². The summed E-state index contributed by atoms with van der Waals surface area (Å²) in [5.74, 6) is -0.743. The molecule has 0 atom stereocenters. The third-order valence-corrected chi connectivity index (χ3v) is 2.16. The molecule has 1 rings (SSSR count). The Morgan fingerprint density at radius 1 is 1.42 bits per heavy atom. The molecule has 6 nitrogen and oxygen atoms in total. The molecule has 0 spiro atoms. The molecule has 0 bridgehead atoms. The molecule has 104 valence electrons. The largest absolute Gasteiger partial charge is 0.443 e. The van der Waals surface area contributed by atoms with Gasteiger partial charge < -0.3 is 4.74 Å². The average molecular weight is 270 g/mol. The van der Waals surface area contributed by atoms with Crippen molar-refractivity contribution in [3.05, 3.63) is 34.1 Å². The quantitative estimate of drug-likeness (QED) is 0.611. The molecule has 0 radical (unpaired) electrons. The van der Waals surface area contributed by atoms with Gasteiger partial charge in [0.05, 0.1) is 11.0 Å². The molecule has 1 aromatic carbocycles. The number of carbonyl (C=O) groups is 1. The molecule has 0 saturated carbocycles. The van der Waals surface area contributed by atoms with Crippen LogP contribution in [-0.4, -0.2) is 23.7 Å². The maximum Gasteiger partial charge on any atom is 0.414 e. The van der Waals surface area contributed by atoms with Crippen LogP contribution in [-0.2, 0) is 4.74 Å². The first kappa shape index (κ1) is 14.9. The van der Waals surface area contributed by atoms with E-state index in [1.807, 2.05) is 0 Å². The Balaban J connectivity index is 3.09. The minimum atomic E-state index is -0.751. The van der Waals surface area contributed by atoms with E-state index in [1.165, 1.54) is 7.05 Å². The van der Waals surface area contributed by atoms with Crippen LogP contribution in [0, 0.1) is 15.9 Å². The van der Waals surface area contributed by atoms with Crippen LogP contribution < -0.4 is 4.90 Å². The molecule has 0 unspecified atom stereocenters. The Kier molecular flexibility index (Phi) is 4.08. The Morgan fingerprint density at radius 3 is 2.47 bits per heavy atom. The molecule has 1 aromatic rings. The Labute approximate surface area is 109 Å². The molecule has 0 N–H and O–H groups in total. The van der Waals surface area contributed by atoms with Gasteiger partial charge in [-0.1, -0.05) is 0 Å². The second kappa shape index (κ2) is 5.21. The summed E-state index contributed by atoms with van der Waals surface area (Å²) in [6.45, 7) is 5.04. The summed E-state index contributed by atoms with van der Waals surface area (Å²) in [5, 5.41) is 10.8. The number of nitro benzene ring substituents is 1. The van der Waals surface area contributed by atoms with E-state index < -0.39 is 28.1 Å². The van der Waals surface area contributed by atoms with Crippen molar-refractivity contribution in [2.75, 3.05) is 11.9 Å². The smallest absolute Gasteiger partial charge is 0.414 e. The predicted octanol–water partition coefficient (Wildman–Crippen LogP) is 3.11. The first-order valence-electron chi connectivity index (χ1n) is 5.52. The van der Waals surface area contributed by atoms with Crippen LogP contribution in [0.15, 0.2) is 18.2 Å². The van der Waals surface area contributed by atoms with Crippen molar-refractivity contribution >= 4 is 17.5 Å². The number of amides is 1. The zero-order valence-electron chi connectivity index (χ0n) is 11.1. The van der Waals surface area contributed by atoms with E-state index in [1.54, 1.807) is 20.8 Å². The number of hydrogen-bond donors (Lipinski definition) is 0. The molecule has 0 aliphatic heterocycles. The number of halogens is 1. The zero-order valence-corrected chi connectivity index (χ0v) is 11.1. The SMILES string of the molecule is CN(C(=O)OC(C)(C)C)c1ccc(F)cc1[N+](=O)[O-]. The van der Waals surface area contributed by atoms with Crippen molar-refractivity contribution < 1.29 is 18.8 Å². The van der Waals surface area contributed by atoms with E-state index in [2.05, 4.69) is 0 Å². The molecule has 0 heterocycles. The lowest BCUT2D eigenvalue weighted by Gasteiger charge is -2.24. The molecule has 0 aliphatic rings. The van der Waals surface area contributed by atoms with Crippen LogP contribution in [0.4, 0.5) is 20.6 Å². The molecule has 7 heteroatoms. The number of rotatable bonds is 2. The number of ether oxygens (including phenoxy) is 1. The van der Waals surface area contributed by atoms with Crippen LogP contribution in [0.5, 0.6) is 0 Å². The summed E-state index contributed by atoms with van der Waals surface area (Å²) < 4.78 is 18.1. The number of anilines is 1. The maximum absolute atomic E-state index is 13.0. The van der Waals surface area contributed by atoms with Crippen LogP contribution >= 0.6 is 0 Å². The highest BCUT2D eigenvalue weighted by atomic mass is 19.1. The van der Waals surface area contributed by atoms with E-state index in [4.69, 9.17) is 4.74 Å². The van der Waals surface area contributed by atoms with Crippen LogP contribution in [0.3, 0.4) is 0 Å². The van der Waals surface area contributed by atoms with Gasteiger partial charge in [-0.25, -0.2) is 9.18 Å². The number of benzene rings is 1. The van der Waals surface area contributed by atoms with Crippen molar-refractivity contribution in [1.82, 2.24) is 0 Å². The van der Waals surface area contributed by atoms with Crippen LogP contribution in [0.1, 0.15) is 20.8 Å². The van der Waals surface area contributed by atoms with Crippen LogP contribution in [0.25, 0.3) is 0 Å². The van der Waals surface area contributed by atoms with Gasteiger partial charge in [0.25, 0.3) is 5.69 Å².